The van der Waals surface area contributed by atoms with Gasteiger partial charge in [0.2, 0.25) is 0 Å². The van der Waals surface area contributed by atoms with Crippen molar-refractivity contribution in [1.82, 2.24) is 0 Å². The van der Waals surface area contributed by atoms with Crippen molar-refractivity contribution < 1.29 is 9.52 Å². The molecular formula is C12H10N2O2. The molecule has 0 fully saturated rings. The molecule has 0 aliphatic rings. The van der Waals surface area contributed by atoms with E-state index >= 15 is 0 Å². The molecule has 1 N–H and O–H groups in total. The number of furan rings is 1. The zero-order chi connectivity index (χ0) is 11.2. The molecule has 0 saturated heterocycles. The summed E-state index contributed by atoms with van der Waals surface area (Å²) < 4.78 is 5.04. The van der Waals surface area contributed by atoms with Gasteiger partial charge in [-0.2, -0.15) is 10.2 Å². The van der Waals surface area contributed by atoms with Crippen molar-refractivity contribution >= 4 is 12.4 Å². The van der Waals surface area contributed by atoms with Crippen molar-refractivity contribution in [2.24, 2.45) is 10.2 Å². The summed E-state index contributed by atoms with van der Waals surface area (Å²) in [6.07, 6.45) is 4.64. The summed E-state index contributed by atoms with van der Waals surface area (Å²) in [5, 5.41) is 16.8. The fraction of sp³-hybridized carbons (Fsp3) is 0. The van der Waals surface area contributed by atoms with Gasteiger partial charge in [0.15, 0.2) is 0 Å². The number of nitrogens with zero attached hydrogens (tertiary/aromatic N) is 2. The largest absolute Gasteiger partial charge is 0.508 e. The van der Waals surface area contributed by atoms with Gasteiger partial charge in [-0.25, -0.2) is 0 Å². The van der Waals surface area contributed by atoms with Crippen molar-refractivity contribution in [1.29, 1.82) is 0 Å². The topological polar surface area (TPSA) is 58.1 Å². The Morgan fingerprint density at radius 2 is 1.94 bits per heavy atom. The Balaban J connectivity index is 2.00. The summed E-state index contributed by atoms with van der Waals surface area (Å²) in [6.45, 7) is 0. The van der Waals surface area contributed by atoms with Crippen LogP contribution in [0.1, 0.15) is 11.3 Å². The third-order valence-corrected chi connectivity index (χ3v) is 1.87. The Morgan fingerprint density at radius 3 is 2.69 bits per heavy atom. The molecule has 0 aliphatic carbocycles. The van der Waals surface area contributed by atoms with Crippen LogP contribution in [0.4, 0.5) is 0 Å². The van der Waals surface area contributed by atoms with E-state index in [0.717, 1.165) is 5.56 Å². The van der Waals surface area contributed by atoms with E-state index in [1.54, 1.807) is 42.8 Å². The predicted molar refractivity (Wildman–Crippen MR) is 62.0 cm³/mol. The molecule has 0 bridgehead atoms. The second kappa shape index (κ2) is 4.93. The minimum atomic E-state index is 0.207. The number of rotatable bonds is 3. The van der Waals surface area contributed by atoms with Gasteiger partial charge in [-0.3, -0.25) is 0 Å². The first-order valence-electron chi connectivity index (χ1n) is 4.73. The van der Waals surface area contributed by atoms with E-state index in [0.29, 0.717) is 5.76 Å². The molecule has 0 amide bonds. The highest BCUT2D eigenvalue weighted by Gasteiger charge is 1.89. The lowest BCUT2D eigenvalue weighted by molar-refractivity contribution is 0.475. The van der Waals surface area contributed by atoms with Crippen LogP contribution in [-0.4, -0.2) is 17.5 Å². The fourth-order valence-electron chi connectivity index (χ4n) is 1.16. The van der Waals surface area contributed by atoms with Crippen molar-refractivity contribution in [3.63, 3.8) is 0 Å². The smallest absolute Gasteiger partial charge is 0.146 e. The summed E-state index contributed by atoms with van der Waals surface area (Å²) in [5.74, 6) is 0.854. The quantitative estimate of drug-likeness (QED) is 0.630. The van der Waals surface area contributed by atoms with Gasteiger partial charge in [0, 0.05) is 0 Å². The Morgan fingerprint density at radius 1 is 1.06 bits per heavy atom. The van der Waals surface area contributed by atoms with Gasteiger partial charge in [-0.05, 0) is 29.8 Å². The predicted octanol–water partition coefficient (Wildman–Crippen LogP) is 2.44. The van der Waals surface area contributed by atoms with Crippen LogP contribution in [0, 0.1) is 0 Å². The maximum absolute atomic E-state index is 9.20. The molecule has 0 unspecified atom stereocenters. The van der Waals surface area contributed by atoms with Crippen LogP contribution in [0.5, 0.6) is 5.75 Å². The molecule has 4 heteroatoms. The maximum Gasteiger partial charge on any atom is 0.146 e. The van der Waals surface area contributed by atoms with E-state index in [2.05, 4.69) is 10.2 Å². The van der Waals surface area contributed by atoms with Gasteiger partial charge in [-0.1, -0.05) is 12.1 Å². The van der Waals surface area contributed by atoms with Gasteiger partial charge in [0.1, 0.15) is 11.5 Å². The zero-order valence-electron chi connectivity index (χ0n) is 8.45. The second-order valence-electron chi connectivity index (χ2n) is 3.10. The normalized spacial score (nSPS) is 11.5. The van der Waals surface area contributed by atoms with E-state index in [1.807, 2.05) is 6.07 Å². The summed E-state index contributed by atoms with van der Waals surface area (Å²) >= 11 is 0. The molecule has 80 valence electrons. The van der Waals surface area contributed by atoms with E-state index in [9.17, 15) is 5.11 Å². The Hall–Kier alpha value is -2.36. The third-order valence-electron chi connectivity index (χ3n) is 1.87. The molecule has 1 aromatic carbocycles. The van der Waals surface area contributed by atoms with Crippen LogP contribution in [0.3, 0.4) is 0 Å². The van der Waals surface area contributed by atoms with E-state index in [1.165, 1.54) is 6.21 Å². The number of hydrogen-bond acceptors (Lipinski definition) is 4. The van der Waals surface area contributed by atoms with Crippen LogP contribution in [0.25, 0.3) is 0 Å². The Labute approximate surface area is 92.6 Å². The number of phenolic OH excluding ortho intramolecular Hbond substituents is 1. The van der Waals surface area contributed by atoms with Gasteiger partial charge >= 0.3 is 0 Å². The molecule has 0 aliphatic heterocycles. The van der Waals surface area contributed by atoms with Gasteiger partial charge in [-0.15, -0.1) is 0 Å². The number of hydrogen-bond donors (Lipinski definition) is 1. The average molecular weight is 214 g/mol. The SMILES string of the molecule is Oc1cccc(/C=N\N=C\c2ccco2)c1. The first-order valence-corrected chi connectivity index (χ1v) is 4.73. The minimum Gasteiger partial charge on any atom is -0.508 e. The third kappa shape index (κ3) is 2.81. The molecule has 2 rings (SSSR count). The van der Waals surface area contributed by atoms with Crippen LogP contribution < -0.4 is 0 Å². The first kappa shape index (κ1) is 10.2. The van der Waals surface area contributed by atoms with E-state index in [4.69, 9.17) is 4.42 Å². The van der Waals surface area contributed by atoms with Crippen molar-refractivity contribution in [3.05, 3.63) is 54.0 Å². The molecule has 1 aromatic heterocycles. The minimum absolute atomic E-state index is 0.207. The van der Waals surface area contributed by atoms with Gasteiger partial charge in [0.05, 0.1) is 18.7 Å². The zero-order valence-corrected chi connectivity index (χ0v) is 8.45. The van der Waals surface area contributed by atoms with Crippen LogP contribution in [0.2, 0.25) is 0 Å². The summed E-state index contributed by atoms with van der Waals surface area (Å²) in [5.41, 5.74) is 0.789. The highest BCUT2D eigenvalue weighted by molar-refractivity contribution is 5.81. The standard InChI is InChI=1S/C12H10N2O2/c15-11-4-1-3-10(7-11)8-13-14-9-12-5-2-6-16-12/h1-9,15H/b13-8-,14-9+. The molecule has 4 nitrogen and oxygen atoms in total. The molecule has 2 aromatic rings. The van der Waals surface area contributed by atoms with Crippen LogP contribution in [0.15, 0.2) is 57.3 Å². The van der Waals surface area contributed by atoms with Crippen LogP contribution >= 0.6 is 0 Å². The van der Waals surface area contributed by atoms with Gasteiger partial charge in [0.25, 0.3) is 0 Å². The molecule has 1 heterocycles. The molecule has 0 saturated carbocycles. The lowest BCUT2D eigenvalue weighted by Gasteiger charge is -1.91. The van der Waals surface area contributed by atoms with Crippen molar-refractivity contribution in [2.45, 2.75) is 0 Å². The molecule has 0 atom stereocenters. The number of benzene rings is 1. The lowest BCUT2D eigenvalue weighted by Crippen LogP contribution is -1.79. The van der Waals surface area contributed by atoms with E-state index < -0.39 is 0 Å². The van der Waals surface area contributed by atoms with Crippen molar-refractivity contribution in [3.8, 4) is 5.75 Å². The first-order chi connectivity index (χ1) is 7.84. The maximum atomic E-state index is 9.20. The van der Waals surface area contributed by atoms with E-state index in [-0.39, 0.29) is 5.75 Å². The number of phenols is 1. The van der Waals surface area contributed by atoms with Crippen LogP contribution in [-0.2, 0) is 0 Å². The fourth-order valence-corrected chi connectivity index (χ4v) is 1.16. The highest BCUT2D eigenvalue weighted by atomic mass is 16.3. The second-order valence-corrected chi connectivity index (χ2v) is 3.10. The number of aromatic hydroxyl groups is 1. The molecule has 0 spiro atoms. The monoisotopic (exact) mass is 214 g/mol. The summed E-state index contributed by atoms with van der Waals surface area (Å²) in [4.78, 5) is 0. The van der Waals surface area contributed by atoms with Crippen molar-refractivity contribution in [2.75, 3.05) is 0 Å². The molecule has 0 radical (unpaired) electrons. The highest BCUT2D eigenvalue weighted by Crippen LogP contribution is 2.08. The molecular weight excluding hydrogens is 204 g/mol. The average Bonchev–Trinajstić information content (AvgIpc) is 2.77. The van der Waals surface area contributed by atoms with Gasteiger partial charge < -0.3 is 9.52 Å². The Bertz CT molecular complexity index is 501. The lowest BCUT2D eigenvalue weighted by atomic mass is 10.2. The summed E-state index contributed by atoms with van der Waals surface area (Å²) in [6, 6.07) is 10.3. The summed E-state index contributed by atoms with van der Waals surface area (Å²) in [7, 11) is 0. The Kier molecular flexibility index (Phi) is 3.13. The molecule has 16 heavy (non-hydrogen) atoms.